The summed E-state index contributed by atoms with van der Waals surface area (Å²) >= 11 is 0. The summed E-state index contributed by atoms with van der Waals surface area (Å²) in [5, 5.41) is 13.1. The Kier molecular flexibility index (Phi) is 5.53. The standard InChI is InChI=1S/C16H23F2NO2/c1-12-6-8-16(11-20,9-7-12)19-10-13-4-2-3-5-14(13)21-15(17)18/h2-5,12,15,19-20H,6-11H2,1H3. The summed E-state index contributed by atoms with van der Waals surface area (Å²) in [6.45, 7) is -0.129. The average Bonchev–Trinajstić information content (AvgIpc) is 2.48. The van der Waals surface area contributed by atoms with Gasteiger partial charge in [0.1, 0.15) is 5.75 Å². The minimum atomic E-state index is -2.83. The van der Waals surface area contributed by atoms with E-state index in [-0.39, 0.29) is 17.9 Å². The number of ether oxygens (including phenoxy) is 1. The molecule has 0 atom stereocenters. The van der Waals surface area contributed by atoms with Crippen LogP contribution in [0.3, 0.4) is 0 Å². The monoisotopic (exact) mass is 299 g/mol. The van der Waals surface area contributed by atoms with E-state index in [1.165, 1.54) is 6.07 Å². The highest BCUT2D eigenvalue weighted by Gasteiger charge is 2.33. The van der Waals surface area contributed by atoms with Gasteiger partial charge < -0.3 is 15.2 Å². The molecular formula is C16H23F2NO2. The lowest BCUT2D eigenvalue weighted by Gasteiger charge is -2.39. The van der Waals surface area contributed by atoms with Gasteiger partial charge in [-0.3, -0.25) is 0 Å². The topological polar surface area (TPSA) is 41.5 Å². The Morgan fingerprint density at radius 3 is 2.62 bits per heavy atom. The van der Waals surface area contributed by atoms with Gasteiger partial charge in [-0.1, -0.05) is 25.1 Å². The van der Waals surface area contributed by atoms with Crippen molar-refractivity contribution in [2.24, 2.45) is 5.92 Å². The van der Waals surface area contributed by atoms with E-state index >= 15 is 0 Å². The number of para-hydroxylation sites is 1. The van der Waals surface area contributed by atoms with Gasteiger partial charge in [-0.15, -0.1) is 0 Å². The van der Waals surface area contributed by atoms with Crippen LogP contribution in [0.1, 0.15) is 38.2 Å². The molecule has 0 saturated heterocycles. The van der Waals surface area contributed by atoms with Gasteiger partial charge in [-0.05, 0) is 37.7 Å². The molecule has 5 heteroatoms. The highest BCUT2D eigenvalue weighted by molar-refractivity contribution is 5.33. The lowest BCUT2D eigenvalue weighted by molar-refractivity contribution is -0.0506. The minimum absolute atomic E-state index is 0.0671. The van der Waals surface area contributed by atoms with Crippen LogP contribution in [0.5, 0.6) is 5.75 Å². The second-order valence-electron chi connectivity index (χ2n) is 5.96. The Morgan fingerprint density at radius 1 is 1.33 bits per heavy atom. The van der Waals surface area contributed by atoms with Crippen molar-refractivity contribution in [2.45, 2.75) is 51.3 Å². The van der Waals surface area contributed by atoms with Crippen LogP contribution in [0.2, 0.25) is 0 Å². The molecule has 21 heavy (non-hydrogen) atoms. The highest BCUT2D eigenvalue weighted by Crippen LogP contribution is 2.32. The zero-order valence-electron chi connectivity index (χ0n) is 12.3. The molecule has 0 heterocycles. The number of nitrogens with one attached hydrogen (secondary N) is 1. The van der Waals surface area contributed by atoms with Crippen molar-refractivity contribution in [1.29, 1.82) is 0 Å². The van der Waals surface area contributed by atoms with E-state index in [0.29, 0.717) is 18.0 Å². The highest BCUT2D eigenvalue weighted by atomic mass is 19.3. The first-order valence-electron chi connectivity index (χ1n) is 7.43. The number of halogens is 2. The van der Waals surface area contributed by atoms with Gasteiger partial charge >= 0.3 is 6.61 Å². The van der Waals surface area contributed by atoms with E-state index in [1.54, 1.807) is 18.2 Å². The lowest BCUT2D eigenvalue weighted by Crippen LogP contribution is -2.50. The molecule has 2 rings (SSSR count). The smallest absolute Gasteiger partial charge is 0.387 e. The fourth-order valence-electron chi connectivity index (χ4n) is 2.85. The van der Waals surface area contributed by atoms with E-state index in [2.05, 4.69) is 17.0 Å². The maximum atomic E-state index is 12.4. The Morgan fingerprint density at radius 2 is 2.00 bits per heavy atom. The van der Waals surface area contributed by atoms with Gasteiger partial charge in [0.2, 0.25) is 0 Å². The Labute approximate surface area is 124 Å². The van der Waals surface area contributed by atoms with Crippen molar-refractivity contribution in [3.8, 4) is 5.75 Å². The van der Waals surface area contributed by atoms with Crippen LogP contribution in [-0.4, -0.2) is 23.9 Å². The third kappa shape index (κ3) is 4.38. The molecule has 0 spiro atoms. The fourth-order valence-corrected chi connectivity index (χ4v) is 2.85. The molecule has 1 aliphatic carbocycles. The first-order chi connectivity index (χ1) is 10.0. The van der Waals surface area contributed by atoms with E-state index in [9.17, 15) is 13.9 Å². The number of benzene rings is 1. The number of alkyl halides is 2. The lowest BCUT2D eigenvalue weighted by atomic mass is 9.77. The molecule has 1 fully saturated rings. The third-order valence-electron chi connectivity index (χ3n) is 4.38. The molecule has 1 saturated carbocycles. The zero-order chi connectivity index (χ0) is 15.3. The van der Waals surface area contributed by atoms with Gasteiger partial charge in [0.25, 0.3) is 0 Å². The summed E-state index contributed by atoms with van der Waals surface area (Å²) in [5.41, 5.74) is 0.383. The molecule has 1 aromatic carbocycles. The fraction of sp³-hybridized carbons (Fsp3) is 0.625. The average molecular weight is 299 g/mol. The van der Waals surface area contributed by atoms with Crippen LogP contribution >= 0.6 is 0 Å². The van der Waals surface area contributed by atoms with Gasteiger partial charge in [0.15, 0.2) is 0 Å². The van der Waals surface area contributed by atoms with E-state index in [1.807, 2.05) is 0 Å². The summed E-state index contributed by atoms with van der Waals surface area (Å²) in [6.07, 6.45) is 3.95. The predicted octanol–water partition coefficient (Wildman–Crippen LogP) is 3.32. The number of hydrogen-bond acceptors (Lipinski definition) is 3. The van der Waals surface area contributed by atoms with Crippen molar-refractivity contribution in [2.75, 3.05) is 6.61 Å². The number of aliphatic hydroxyl groups excluding tert-OH is 1. The number of hydrogen-bond donors (Lipinski definition) is 2. The van der Waals surface area contributed by atoms with Crippen molar-refractivity contribution < 1.29 is 18.6 Å². The first kappa shape index (κ1) is 16.2. The zero-order valence-corrected chi connectivity index (χ0v) is 12.3. The molecule has 0 aromatic heterocycles. The maximum absolute atomic E-state index is 12.4. The second kappa shape index (κ2) is 7.18. The van der Waals surface area contributed by atoms with Crippen molar-refractivity contribution in [3.63, 3.8) is 0 Å². The van der Waals surface area contributed by atoms with Gasteiger partial charge in [0.05, 0.1) is 6.61 Å². The maximum Gasteiger partial charge on any atom is 0.387 e. The Balaban J connectivity index is 2.01. The molecule has 3 nitrogen and oxygen atoms in total. The normalized spacial score (nSPS) is 26.0. The van der Waals surface area contributed by atoms with E-state index < -0.39 is 6.61 Å². The summed E-state index contributed by atoms with van der Waals surface area (Å²) in [7, 11) is 0. The van der Waals surface area contributed by atoms with E-state index in [4.69, 9.17) is 0 Å². The number of aliphatic hydroxyl groups is 1. The molecule has 0 radical (unpaired) electrons. The summed E-state index contributed by atoms with van der Waals surface area (Å²) in [6, 6.07) is 6.77. The largest absolute Gasteiger partial charge is 0.434 e. The molecule has 1 aliphatic rings. The van der Waals surface area contributed by atoms with Gasteiger partial charge in [-0.2, -0.15) is 8.78 Å². The van der Waals surface area contributed by atoms with Crippen LogP contribution in [0.15, 0.2) is 24.3 Å². The van der Waals surface area contributed by atoms with Crippen molar-refractivity contribution >= 4 is 0 Å². The summed E-state index contributed by atoms with van der Waals surface area (Å²) in [4.78, 5) is 0. The van der Waals surface area contributed by atoms with Gasteiger partial charge in [0, 0.05) is 17.6 Å². The molecule has 2 N–H and O–H groups in total. The van der Waals surface area contributed by atoms with Crippen LogP contribution < -0.4 is 10.1 Å². The first-order valence-corrected chi connectivity index (χ1v) is 7.43. The van der Waals surface area contributed by atoms with Crippen molar-refractivity contribution in [1.82, 2.24) is 5.32 Å². The van der Waals surface area contributed by atoms with Crippen LogP contribution in [0, 0.1) is 5.92 Å². The molecule has 118 valence electrons. The summed E-state index contributed by atoms with van der Waals surface area (Å²) in [5.74, 6) is 0.873. The van der Waals surface area contributed by atoms with Crippen molar-refractivity contribution in [3.05, 3.63) is 29.8 Å². The third-order valence-corrected chi connectivity index (χ3v) is 4.38. The quantitative estimate of drug-likeness (QED) is 0.846. The number of rotatable bonds is 6. The molecule has 0 amide bonds. The van der Waals surface area contributed by atoms with Crippen LogP contribution in [0.25, 0.3) is 0 Å². The Hall–Kier alpha value is -1.20. The molecule has 0 bridgehead atoms. The SMILES string of the molecule is CC1CCC(CO)(NCc2ccccc2OC(F)F)CC1. The van der Waals surface area contributed by atoms with E-state index in [0.717, 1.165) is 25.7 Å². The van der Waals surface area contributed by atoms with Crippen LogP contribution in [0.4, 0.5) is 8.78 Å². The molecule has 1 aromatic rings. The Bertz CT molecular complexity index is 446. The van der Waals surface area contributed by atoms with Gasteiger partial charge in [-0.25, -0.2) is 0 Å². The second-order valence-corrected chi connectivity index (χ2v) is 5.96. The van der Waals surface area contributed by atoms with Crippen LogP contribution in [-0.2, 0) is 6.54 Å². The molecule has 0 aliphatic heterocycles. The minimum Gasteiger partial charge on any atom is -0.434 e. The predicted molar refractivity (Wildman–Crippen MR) is 77.4 cm³/mol. The molecule has 0 unspecified atom stereocenters. The molecular weight excluding hydrogens is 276 g/mol. The summed E-state index contributed by atoms with van der Waals surface area (Å²) < 4.78 is 29.3.